The summed E-state index contributed by atoms with van der Waals surface area (Å²) in [5.41, 5.74) is 7.44. The number of hydrogen-bond donors (Lipinski definition) is 1. The topological polar surface area (TPSA) is 41.6 Å². The van der Waals surface area contributed by atoms with Crippen molar-refractivity contribution in [3.63, 3.8) is 0 Å². The van der Waals surface area contributed by atoms with Crippen LogP contribution in [0.25, 0.3) is 11.8 Å². The molecule has 1 atom stereocenters. The third kappa shape index (κ3) is 4.88. The zero-order valence-corrected chi connectivity index (χ0v) is 15.6. The number of nitrogens with one attached hydrogen (secondary N) is 1. The van der Waals surface area contributed by atoms with Crippen molar-refractivity contribution in [1.82, 2.24) is 10.4 Å². The Balaban J connectivity index is 1.86. The number of ether oxygens (including phenoxy) is 1. The maximum atomic E-state index is 11.9. The minimum Gasteiger partial charge on any atom is -0.463 e. The monoisotopic (exact) mass is 360 g/mol. The van der Waals surface area contributed by atoms with Gasteiger partial charge in [0.05, 0.1) is 18.3 Å². The third-order valence-electron chi connectivity index (χ3n) is 4.24. The van der Waals surface area contributed by atoms with Crippen LogP contribution in [0, 0.1) is 0 Å². The first-order valence-electron chi connectivity index (χ1n) is 9.09. The van der Waals surface area contributed by atoms with Crippen molar-refractivity contribution in [3.05, 3.63) is 95.7 Å². The molecule has 0 saturated carbocycles. The van der Waals surface area contributed by atoms with E-state index in [1.807, 2.05) is 48.3 Å². The molecule has 138 valence electrons. The number of esters is 1. The molecule has 2 aromatic carbocycles. The number of carbonyl (C=O) groups excluding carboxylic acids is 1. The van der Waals surface area contributed by atoms with E-state index >= 15 is 0 Å². The first-order chi connectivity index (χ1) is 13.2. The average molecular weight is 360 g/mol. The highest BCUT2D eigenvalue weighted by Crippen LogP contribution is 2.25. The van der Waals surface area contributed by atoms with Crippen LogP contribution in [0.4, 0.5) is 0 Å². The maximum Gasteiger partial charge on any atom is 0.332 e. The van der Waals surface area contributed by atoms with Crippen LogP contribution < -0.4 is 5.43 Å². The third-order valence-corrected chi connectivity index (χ3v) is 4.24. The molecule has 27 heavy (non-hydrogen) atoms. The number of carbonyl (C=O) groups is 1. The highest BCUT2D eigenvalue weighted by Gasteiger charge is 2.24. The molecule has 0 aromatic heterocycles. The highest BCUT2D eigenvalue weighted by molar-refractivity contribution is 5.82. The molecule has 1 aliphatic rings. The molecule has 3 rings (SSSR count). The van der Waals surface area contributed by atoms with E-state index in [9.17, 15) is 4.79 Å². The second-order valence-corrected chi connectivity index (χ2v) is 6.23. The fourth-order valence-corrected chi connectivity index (χ4v) is 2.93. The summed E-state index contributed by atoms with van der Waals surface area (Å²) in [4.78, 5) is 11.9. The second kappa shape index (κ2) is 8.90. The average Bonchev–Trinajstić information content (AvgIpc) is 3.12. The van der Waals surface area contributed by atoms with E-state index in [-0.39, 0.29) is 12.0 Å². The highest BCUT2D eigenvalue weighted by atomic mass is 16.5. The number of hydrogen-bond acceptors (Lipinski definition) is 4. The van der Waals surface area contributed by atoms with Gasteiger partial charge in [0.15, 0.2) is 0 Å². The second-order valence-electron chi connectivity index (χ2n) is 6.23. The lowest BCUT2D eigenvalue weighted by Gasteiger charge is -2.26. The van der Waals surface area contributed by atoms with Crippen molar-refractivity contribution >= 4 is 17.7 Å². The fourth-order valence-electron chi connectivity index (χ4n) is 2.93. The Morgan fingerprint density at radius 2 is 1.78 bits per heavy atom. The number of benzene rings is 2. The van der Waals surface area contributed by atoms with Crippen molar-refractivity contribution in [2.75, 3.05) is 6.61 Å². The molecule has 0 bridgehead atoms. The number of allylic oxidation sites excluding steroid dienone is 1. The van der Waals surface area contributed by atoms with Gasteiger partial charge in [0, 0.05) is 11.8 Å². The molecular weight excluding hydrogens is 336 g/mol. The zero-order chi connectivity index (χ0) is 19.1. The van der Waals surface area contributed by atoms with Crippen molar-refractivity contribution in [2.45, 2.75) is 19.9 Å². The number of nitrogens with zero attached hydrogens (tertiary/aromatic N) is 1. The minimum absolute atomic E-state index is 0.0221. The molecule has 4 nitrogen and oxygen atoms in total. The summed E-state index contributed by atoms with van der Waals surface area (Å²) >= 11 is 0. The number of hydrazine groups is 1. The van der Waals surface area contributed by atoms with Gasteiger partial charge < -0.3 is 4.74 Å². The molecule has 0 unspecified atom stereocenters. The van der Waals surface area contributed by atoms with E-state index in [1.165, 1.54) is 6.08 Å². The Kier molecular flexibility index (Phi) is 6.10. The lowest BCUT2D eigenvalue weighted by molar-refractivity contribution is -0.137. The van der Waals surface area contributed by atoms with Gasteiger partial charge in [-0.15, -0.1) is 0 Å². The summed E-state index contributed by atoms with van der Waals surface area (Å²) in [7, 11) is 0. The van der Waals surface area contributed by atoms with Crippen LogP contribution in [0.5, 0.6) is 0 Å². The summed E-state index contributed by atoms with van der Waals surface area (Å²) in [6.07, 6.45) is 7.86. The smallest absolute Gasteiger partial charge is 0.332 e. The van der Waals surface area contributed by atoms with E-state index in [0.29, 0.717) is 6.61 Å². The van der Waals surface area contributed by atoms with E-state index in [1.54, 1.807) is 6.92 Å². The van der Waals surface area contributed by atoms with Crippen molar-refractivity contribution in [2.24, 2.45) is 0 Å². The minimum atomic E-state index is -0.337. The van der Waals surface area contributed by atoms with Crippen LogP contribution in [0.3, 0.4) is 0 Å². The van der Waals surface area contributed by atoms with Crippen molar-refractivity contribution in [1.29, 1.82) is 0 Å². The lowest BCUT2D eigenvalue weighted by Crippen LogP contribution is -2.36. The van der Waals surface area contributed by atoms with Gasteiger partial charge in [0.1, 0.15) is 0 Å². The summed E-state index contributed by atoms with van der Waals surface area (Å²) < 4.78 is 5.04. The Bertz CT molecular complexity index is 854. The molecule has 0 fully saturated rings. The van der Waals surface area contributed by atoms with Gasteiger partial charge in [-0.25, -0.2) is 4.79 Å². The normalized spacial score (nSPS) is 17.0. The molecule has 0 radical (unpaired) electrons. The summed E-state index contributed by atoms with van der Waals surface area (Å²) in [6, 6.07) is 20.3. The van der Waals surface area contributed by atoms with Crippen LogP contribution in [-0.4, -0.2) is 23.6 Å². The van der Waals surface area contributed by atoms with Gasteiger partial charge >= 0.3 is 5.97 Å². The van der Waals surface area contributed by atoms with Crippen LogP contribution in [-0.2, 0) is 9.53 Å². The first kappa shape index (κ1) is 18.5. The van der Waals surface area contributed by atoms with Gasteiger partial charge in [-0.1, -0.05) is 72.8 Å². The van der Waals surface area contributed by atoms with Crippen LogP contribution in [0.2, 0.25) is 0 Å². The molecule has 0 amide bonds. The largest absolute Gasteiger partial charge is 0.463 e. The maximum absolute atomic E-state index is 11.9. The summed E-state index contributed by atoms with van der Waals surface area (Å²) in [6.45, 7) is 4.06. The Labute approximate surface area is 160 Å². The van der Waals surface area contributed by atoms with Gasteiger partial charge in [-0.05, 0) is 31.1 Å². The summed E-state index contributed by atoms with van der Waals surface area (Å²) in [5, 5.41) is 1.97. The molecule has 0 spiro atoms. The SMILES string of the molecule is CCOC(=O)/C=C(\C)N1NC(c2ccccc2)=C[C@H]1/C=C/c1ccccc1. The van der Waals surface area contributed by atoms with E-state index in [2.05, 4.69) is 47.9 Å². The van der Waals surface area contributed by atoms with E-state index in [4.69, 9.17) is 4.74 Å². The number of rotatable bonds is 6. The van der Waals surface area contributed by atoms with Crippen LogP contribution in [0.15, 0.2) is 84.6 Å². The zero-order valence-electron chi connectivity index (χ0n) is 15.6. The predicted octanol–water partition coefficient (Wildman–Crippen LogP) is 4.40. The van der Waals surface area contributed by atoms with Crippen molar-refractivity contribution < 1.29 is 9.53 Å². The summed E-state index contributed by atoms with van der Waals surface area (Å²) in [5.74, 6) is -0.337. The van der Waals surface area contributed by atoms with E-state index in [0.717, 1.165) is 22.5 Å². The fraction of sp³-hybridized carbons (Fsp3) is 0.174. The van der Waals surface area contributed by atoms with E-state index < -0.39 is 0 Å². The van der Waals surface area contributed by atoms with Crippen molar-refractivity contribution in [3.8, 4) is 0 Å². The predicted molar refractivity (Wildman–Crippen MR) is 109 cm³/mol. The molecule has 1 aliphatic heterocycles. The van der Waals surface area contributed by atoms with Gasteiger partial charge in [0.2, 0.25) is 0 Å². The van der Waals surface area contributed by atoms with Gasteiger partial charge in [-0.2, -0.15) is 0 Å². The Morgan fingerprint density at radius 1 is 1.11 bits per heavy atom. The molecule has 0 aliphatic carbocycles. The molecule has 1 N–H and O–H groups in total. The van der Waals surface area contributed by atoms with Crippen LogP contribution >= 0.6 is 0 Å². The quantitative estimate of drug-likeness (QED) is 0.612. The van der Waals surface area contributed by atoms with Crippen LogP contribution in [0.1, 0.15) is 25.0 Å². The molecule has 4 heteroatoms. The lowest BCUT2D eigenvalue weighted by atomic mass is 10.1. The Hall–Kier alpha value is -3.27. The first-order valence-corrected chi connectivity index (χ1v) is 9.09. The van der Waals surface area contributed by atoms with Gasteiger partial charge in [-0.3, -0.25) is 10.4 Å². The Morgan fingerprint density at radius 3 is 2.44 bits per heavy atom. The molecule has 0 saturated heterocycles. The molecular formula is C23H24N2O2. The standard InChI is InChI=1S/C23H24N2O2/c1-3-27-23(26)16-18(2)25-21(15-14-19-10-6-4-7-11-19)17-22(24-25)20-12-8-5-9-13-20/h4-17,21,24H,3H2,1-2H3/b15-14+,18-16+/t21-/m1/s1. The molecule has 1 heterocycles. The van der Waals surface area contributed by atoms with Gasteiger partial charge in [0.25, 0.3) is 0 Å². The molecule has 2 aromatic rings.